The van der Waals surface area contributed by atoms with Gasteiger partial charge in [-0.1, -0.05) is 19.3 Å². The van der Waals surface area contributed by atoms with Gasteiger partial charge in [0.25, 0.3) is 11.8 Å². The lowest BCUT2D eigenvalue weighted by Crippen LogP contribution is -2.37. The van der Waals surface area contributed by atoms with Gasteiger partial charge in [0.05, 0.1) is 5.56 Å². The second kappa shape index (κ2) is 12.8. The summed E-state index contributed by atoms with van der Waals surface area (Å²) in [6.07, 6.45) is 11.1. The van der Waals surface area contributed by atoms with Crippen LogP contribution in [0.1, 0.15) is 71.2 Å². The number of hydrogen-bond acceptors (Lipinski definition) is 5. The number of amides is 2. The van der Waals surface area contributed by atoms with Gasteiger partial charge in [0, 0.05) is 43.3 Å². The summed E-state index contributed by atoms with van der Waals surface area (Å²) in [7, 11) is 2.15. The fraction of sp³-hybridized carbons (Fsp3) is 0.536. The molecule has 188 valence electrons. The van der Waals surface area contributed by atoms with E-state index >= 15 is 0 Å². The molecule has 2 aromatic rings. The molecule has 2 N–H and O–H groups in total. The lowest BCUT2D eigenvalue weighted by molar-refractivity contribution is 0.0938. The van der Waals surface area contributed by atoms with Crippen molar-refractivity contribution in [2.75, 3.05) is 44.7 Å². The van der Waals surface area contributed by atoms with E-state index in [9.17, 15) is 9.59 Å². The number of carbonyl (C=O) groups excluding carboxylic acids is 2. The Balaban J connectivity index is 1.54. The van der Waals surface area contributed by atoms with E-state index in [1.165, 1.54) is 12.8 Å². The van der Waals surface area contributed by atoms with Crippen molar-refractivity contribution in [3.05, 3.63) is 59.4 Å². The third-order valence-electron chi connectivity index (χ3n) is 7.23. The van der Waals surface area contributed by atoms with Crippen LogP contribution in [0.3, 0.4) is 0 Å². The number of anilines is 1. The van der Waals surface area contributed by atoms with Gasteiger partial charge in [0.15, 0.2) is 0 Å². The third-order valence-corrected chi connectivity index (χ3v) is 7.23. The van der Waals surface area contributed by atoms with E-state index in [2.05, 4.69) is 27.6 Å². The van der Waals surface area contributed by atoms with Crippen LogP contribution in [0, 0.1) is 5.92 Å². The number of pyridine rings is 1. The van der Waals surface area contributed by atoms with Gasteiger partial charge in [0.2, 0.25) is 0 Å². The zero-order valence-corrected chi connectivity index (χ0v) is 21.0. The summed E-state index contributed by atoms with van der Waals surface area (Å²) in [5.41, 5.74) is 3.09. The van der Waals surface area contributed by atoms with Crippen molar-refractivity contribution in [2.45, 2.75) is 51.5 Å². The Bertz CT molecular complexity index is 973. The molecule has 1 aromatic carbocycles. The minimum absolute atomic E-state index is 0.0389. The molecule has 1 saturated heterocycles. The second-order valence-corrected chi connectivity index (χ2v) is 9.94. The van der Waals surface area contributed by atoms with Crippen molar-refractivity contribution in [3.63, 3.8) is 0 Å². The van der Waals surface area contributed by atoms with Crippen LogP contribution in [0.25, 0.3) is 0 Å². The van der Waals surface area contributed by atoms with E-state index in [1.54, 1.807) is 18.5 Å². The first-order valence-corrected chi connectivity index (χ1v) is 13.1. The molecule has 0 bridgehead atoms. The largest absolute Gasteiger partial charge is 0.352 e. The quantitative estimate of drug-likeness (QED) is 0.699. The molecule has 0 unspecified atom stereocenters. The van der Waals surface area contributed by atoms with Gasteiger partial charge in [-0.3, -0.25) is 14.6 Å². The molecule has 1 fully saturated rings. The number of piperidine rings is 1. The molecule has 2 aliphatic rings. The summed E-state index contributed by atoms with van der Waals surface area (Å²) in [5.74, 6) is 0.451. The average Bonchev–Trinajstić information content (AvgIpc) is 2.88. The molecule has 4 rings (SSSR count). The number of carbonyl (C=O) groups is 2. The summed E-state index contributed by atoms with van der Waals surface area (Å²) >= 11 is 0. The zero-order valence-electron chi connectivity index (χ0n) is 21.0. The van der Waals surface area contributed by atoms with Crippen LogP contribution < -0.4 is 15.5 Å². The fourth-order valence-corrected chi connectivity index (χ4v) is 4.99. The van der Waals surface area contributed by atoms with Gasteiger partial charge in [-0.05, 0) is 94.2 Å². The Labute approximate surface area is 209 Å². The van der Waals surface area contributed by atoms with Gasteiger partial charge in [-0.15, -0.1) is 0 Å². The first-order chi connectivity index (χ1) is 17.1. The maximum atomic E-state index is 13.5. The Morgan fingerprint density at radius 3 is 2.63 bits per heavy atom. The number of aromatic nitrogens is 1. The minimum atomic E-state index is -0.0455. The molecular formula is C28H39N5O2. The van der Waals surface area contributed by atoms with E-state index in [4.69, 9.17) is 0 Å². The molecule has 3 heterocycles. The van der Waals surface area contributed by atoms with Crippen molar-refractivity contribution in [1.29, 1.82) is 0 Å². The van der Waals surface area contributed by atoms with E-state index in [0.29, 0.717) is 36.7 Å². The van der Waals surface area contributed by atoms with E-state index in [0.717, 1.165) is 63.0 Å². The highest BCUT2D eigenvalue weighted by atomic mass is 16.2. The molecule has 35 heavy (non-hydrogen) atoms. The summed E-state index contributed by atoms with van der Waals surface area (Å²) in [5, 5.41) is 6.68. The molecule has 7 nitrogen and oxygen atoms in total. The Morgan fingerprint density at radius 1 is 1.03 bits per heavy atom. The predicted octanol–water partition coefficient (Wildman–Crippen LogP) is 3.85. The van der Waals surface area contributed by atoms with Crippen molar-refractivity contribution in [3.8, 4) is 0 Å². The predicted molar refractivity (Wildman–Crippen MR) is 140 cm³/mol. The minimum Gasteiger partial charge on any atom is -0.352 e. The van der Waals surface area contributed by atoms with Crippen LogP contribution in [0.4, 0.5) is 5.69 Å². The smallest absolute Gasteiger partial charge is 0.259 e. The van der Waals surface area contributed by atoms with Gasteiger partial charge in [-0.25, -0.2) is 0 Å². The van der Waals surface area contributed by atoms with Crippen LogP contribution in [0.15, 0.2) is 42.7 Å². The summed E-state index contributed by atoms with van der Waals surface area (Å²) in [6.45, 7) is 5.11. The number of rotatable bonds is 4. The number of fused-ring (bicyclic) bond motifs is 1. The van der Waals surface area contributed by atoms with Crippen LogP contribution >= 0.6 is 0 Å². The molecule has 7 heteroatoms. The first-order valence-electron chi connectivity index (χ1n) is 13.1. The average molecular weight is 478 g/mol. The number of nitrogens with zero attached hydrogens (tertiary/aromatic N) is 3. The molecule has 0 radical (unpaired) electrons. The first kappa shape index (κ1) is 25.3. The molecule has 0 aliphatic carbocycles. The zero-order chi connectivity index (χ0) is 24.5. The highest BCUT2D eigenvalue weighted by Crippen LogP contribution is 2.26. The maximum Gasteiger partial charge on any atom is 0.259 e. The van der Waals surface area contributed by atoms with Crippen molar-refractivity contribution < 1.29 is 9.59 Å². The number of likely N-dealkylation sites (tertiary alicyclic amines) is 1. The topological polar surface area (TPSA) is 77.6 Å². The number of benzene rings is 1. The second-order valence-electron chi connectivity index (χ2n) is 9.94. The van der Waals surface area contributed by atoms with Gasteiger partial charge < -0.3 is 20.4 Å². The van der Waals surface area contributed by atoms with Gasteiger partial charge in [0.1, 0.15) is 0 Å². The molecule has 2 amide bonds. The summed E-state index contributed by atoms with van der Waals surface area (Å²) in [6, 6.07) is 9.37. The van der Waals surface area contributed by atoms with Crippen LogP contribution in [0.2, 0.25) is 0 Å². The van der Waals surface area contributed by atoms with Crippen LogP contribution in [0.5, 0.6) is 0 Å². The van der Waals surface area contributed by atoms with Crippen molar-refractivity contribution in [1.82, 2.24) is 20.5 Å². The molecule has 1 aromatic heterocycles. The Morgan fingerprint density at radius 2 is 1.83 bits per heavy atom. The van der Waals surface area contributed by atoms with Crippen molar-refractivity contribution >= 4 is 17.5 Å². The highest BCUT2D eigenvalue weighted by Gasteiger charge is 2.22. The molecule has 0 spiro atoms. The molecular weight excluding hydrogens is 438 g/mol. The lowest BCUT2D eigenvalue weighted by Gasteiger charge is -2.29. The lowest BCUT2D eigenvalue weighted by atomic mass is 9.97. The van der Waals surface area contributed by atoms with Crippen LogP contribution in [-0.4, -0.2) is 61.5 Å². The molecule has 2 aliphatic heterocycles. The van der Waals surface area contributed by atoms with Gasteiger partial charge in [-0.2, -0.15) is 0 Å². The van der Waals surface area contributed by atoms with E-state index < -0.39 is 0 Å². The van der Waals surface area contributed by atoms with Crippen LogP contribution in [-0.2, 0) is 6.54 Å². The summed E-state index contributed by atoms with van der Waals surface area (Å²) in [4.78, 5) is 34.9. The molecule has 0 atom stereocenters. The fourth-order valence-electron chi connectivity index (χ4n) is 4.99. The monoisotopic (exact) mass is 477 g/mol. The molecule has 0 saturated carbocycles. The normalized spacial score (nSPS) is 18.7. The summed E-state index contributed by atoms with van der Waals surface area (Å²) < 4.78 is 0. The number of hydrogen-bond donors (Lipinski definition) is 2. The highest BCUT2D eigenvalue weighted by molar-refractivity contribution is 6.06. The standard InChI is InChI=1S/C28H39N5O2/c1-32-16-11-22(12-17-32)19-31-27(34)23-9-10-26-25(18-23)21-29-13-5-3-2-4-6-15-33(26)28(35)24-8-7-14-30-20-24/h7-10,14,18,20,22,29H,2-6,11-13,15-17,19,21H2,1H3,(H,31,34). The van der Waals surface area contributed by atoms with Gasteiger partial charge >= 0.3 is 0 Å². The maximum absolute atomic E-state index is 13.5. The van der Waals surface area contributed by atoms with E-state index in [-0.39, 0.29) is 11.8 Å². The van der Waals surface area contributed by atoms with Crippen molar-refractivity contribution in [2.24, 2.45) is 5.92 Å². The Kier molecular flexibility index (Phi) is 9.26. The Hall–Kier alpha value is -2.77. The van der Waals surface area contributed by atoms with E-state index in [1.807, 2.05) is 29.2 Å². The number of nitrogens with one attached hydrogen (secondary N) is 2. The third kappa shape index (κ3) is 7.12. The SMILES string of the molecule is CN1CCC(CNC(=O)c2ccc3c(c2)CNCCCCCCCN3C(=O)c2cccnc2)CC1.